The van der Waals surface area contributed by atoms with Gasteiger partial charge in [-0.05, 0) is 18.6 Å². The van der Waals surface area contributed by atoms with Crippen molar-refractivity contribution < 1.29 is 9.53 Å². The molecule has 1 heterocycles. The van der Waals surface area contributed by atoms with Gasteiger partial charge in [-0.1, -0.05) is 18.2 Å². The lowest BCUT2D eigenvalue weighted by Gasteiger charge is -2.30. The molecule has 1 saturated heterocycles. The van der Waals surface area contributed by atoms with Crippen molar-refractivity contribution >= 4 is 5.91 Å². The van der Waals surface area contributed by atoms with Crippen molar-refractivity contribution in [1.29, 1.82) is 0 Å². The number of rotatable bonds is 5. The lowest BCUT2D eigenvalue weighted by molar-refractivity contribution is -0.139. The minimum atomic E-state index is 0.273. The third-order valence-electron chi connectivity index (χ3n) is 2.53. The van der Waals surface area contributed by atoms with Crippen LogP contribution >= 0.6 is 0 Å². The number of β-lactam (4-membered cyclic amide) rings is 1. The zero-order valence-corrected chi connectivity index (χ0v) is 8.69. The highest BCUT2D eigenvalue weighted by atomic mass is 16.5. The summed E-state index contributed by atoms with van der Waals surface area (Å²) in [5.41, 5.74) is 0. The number of likely N-dealkylation sites (tertiary alicyclic amines) is 1. The monoisotopic (exact) mass is 205 g/mol. The first-order chi connectivity index (χ1) is 7.36. The van der Waals surface area contributed by atoms with Gasteiger partial charge in [0.2, 0.25) is 5.91 Å². The molecule has 1 aliphatic rings. The first-order valence-corrected chi connectivity index (χ1v) is 5.32. The van der Waals surface area contributed by atoms with Crippen LogP contribution in [0.15, 0.2) is 30.3 Å². The Kier molecular flexibility index (Phi) is 3.22. The minimum absolute atomic E-state index is 0.273. The zero-order valence-electron chi connectivity index (χ0n) is 8.69. The highest BCUT2D eigenvalue weighted by molar-refractivity contribution is 5.81. The number of nitrogens with zero attached hydrogens (tertiary/aromatic N) is 1. The predicted molar refractivity (Wildman–Crippen MR) is 57.8 cm³/mol. The Hall–Kier alpha value is -1.51. The first-order valence-electron chi connectivity index (χ1n) is 5.32. The molecular weight excluding hydrogens is 190 g/mol. The average molecular weight is 205 g/mol. The topological polar surface area (TPSA) is 29.5 Å². The Morgan fingerprint density at radius 1 is 1.27 bits per heavy atom. The van der Waals surface area contributed by atoms with Crippen LogP contribution in [0.1, 0.15) is 12.8 Å². The van der Waals surface area contributed by atoms with E-state index < -0.39 is 0 Å². The molecule has 2 rings (SSSR count). The molecular formula is C12H15NO2. The van der Waals surface area contributed by atoms with Crippen molar-refractivity contribution in [1.82, 2.24) is 4.90 Å². The number of hydrogen-bond donors (Lipinski definition) is 0. The number of benzene rings is 1. The standard InChI is InChI=1S/C12H15NO2/c14-12-7-9-13(12)8-4-10-15-11-5-2-1-3-6-11/h1-3,5-6H,4,7-10H2. The van der Waals surface area contributed by atoms with E-state index in [0.717, 1.165) is 31.7 Å². The maximum absolute atomic E-state index is 11.0. The van der Waals surface area contributed by atoms with E-state index in [0.29, 0.717) is 6.61 Å². The molecule has 0 radical (unpaired) electrons. The lowest BCUT2D eigenvalue weighted by Crippen LogP contribution is -2.44. The third-order valence-corrected chi connectivity index (χ3v) is 2.53. The van der Waals surface area contributed by atoms with Gasteiger partial charge in [0, 0.05) is 19.5 Å². The highest BCUT2D eigenvalue weighted by Gasteiger charge is 2.22. The Labute approximate surface area is 89.7 Å². The summed E-state index contributed by atoms with van der Waals surface area (Å²) in [6.45, 7) is 2.42. The number of carbonyl (C=O) groups is 1. The van der Waals surface area contributed by atoms with E-state index in [1.54, 1.807) is 0 Å². The van der Waals surface area contributed by atoms with Gasteiger partial charge in [-0.15, -0.1) is 0 Å². The fourth-order valence-electron chi connectivity index (χ4n) is 1.56. The molecule has 0 unspecified atom stereocenters. The number of amides is 1. The second kappa shape index (κ2) is 4.82. The summed E-state index contributed by atoms with van der Waals surface area (Å²) in [5, 5.41) is 0. The first kappa shape index (κ1) is 10.0. The fraction of sp³-hybridized carbons (Fsp3) is 0.417. The van der Waals surface area contributed by atoms with Crippen molar-refractivity contribution in [3.63, 3.8) is 0 Å². The molecule has 0 aromatic heterocycles. The molecule has 3 heteroatoms. The third kappa shape index (κ3) is 2.72. The highest BCUT2D eigenvalue weighted by Crippen LogP contribution is 2.10. The van der Waals surface area contributed by atoms with Gasteiger partial charge in [-0.25, -0.2) is 0 Å². The van der Waals surface area contributed by atoms with E-state index in [9.17, 15) is 4.79 Å². The van der Waals surface area contributed by atoms with Gasteiger partial charge in [0.25, 0.3) is 0 Å². The van der Waals surface area contributed by atoms with Gasteiger partial charge in [-0.3, -0.25) is 4.79 Å². The molecule has 0 bridgehead atoms. The second-order valence-corrected chi connectivity index (χ2v) is 3.65. The largest absolute Gasteiger partial charge is 0.494 e. The van der Waals surface area contributed by atoms with E-state index in [4.69, 9.17) is 4.74 Å². The summed E-state index contributed by atoms with van der Waals surface area (Å²) in [6.07, 6.45) is 1.63. The summed E-state index contributed by atoms with van der Waals surface area (Å²) in [4.78, 5) is 12.8. The van der Waals surface area contributed by atoms with Crippen LogP contribution in [0.4, 0.5) is 0 Å². The molecule has 0 atom stereocenters. The number of hydrogen-bond acceptors (Lipinski definition) is 2. The number of ether oxygens (including phenoxy) is 1. The Balaban J connectivity index is 1.61. The zero-order chi connectivity index (χ0) is 10.5. The maximum atomic E-state index is 11.0. The van der Waals surface area contributed by atoms with Crippen LogP contribution in [0.2, 0.25) is 0 Å². The average Bonchev–Trinajstić information content (AvgIpc) is 2.28. The van der Waals surface area contributed by atoms with Crippen LogP contribution in [0.25, 0.3) is 0 Å². The SMILES string of the molecule is O=C1CCN1CCCOc1ccccc1. The Morgan fingerprint density at radius 3 is 2.67 bits per heavy atom. The molecule has 1 aliphatic heterocycles. The number of para-hydroxylation sites is 1. The maximum Gasteiger partial charge on any atom is 0.224 e. The van der Waals surface area contributed by atoms with Crippen molar-refractivity contribution in [2.45, 2.75) is 12.8 Å². The Morgan fingerprint density at radius 2 is 2.07 bits per heavy atom. The number of carbonyl (C=O) groups excluding carboxylic acids is 1. The van der Waals surface area contributed by atoms with Gasteiger partial charge in [0.15, 0.2) is 0 Å². The summed E-state index contributed by atoms with van der Waals surface area (Å²) in [6, 6.07) is 9.75. The molecule has 0 spiro atoms. The van der Waals surface area contributed by atoms with Gasteiger partial charge in [0.05, 0.1) is 6.61 Å². The molecule has 1 aromatic rings. The summed E-state index contributed by atoms with van der Waals surface area (Å²) < 4.78 is 5.52. The molecule has 15 heavy (non-hydrogen) atoms. The van der Waals surface area contributed by atoms with Crippen LogP contribution in [0.5, 0.6) is 5.75 Å². The van der Waals surface area contributed by atoms with E-state index in [2.05, 4.69) is 0 Å². The van der Waals surface area contributed by atoms with Crippen LogP contribution in [0.3, 0.4) is 0 Å². The van der Waals surface area contributed by atoms with Gasteiger partial charge >= 0.3 is 0 Å². The quantitative estimate of drug-likeness (QED) is 0.540. The predicted octanol–water partition coefficient (Wildman–Crippen LogP) is 1.69. The summed E-state index contributed by atoms with van der Waals surface area (Å²) in [7, 11) is 0. The van der Waals surface area contributed by atoms with Gasteiger partial charge in [-0.2, -0.15) is 0 Å². The molecule has 3 nitrogen and oxygen atoms in total. The van der Waals surface area contributed by atoms with E-state index in [1.807, 2.05) is 35.2 Å². The molecule has 1 amide bonds. The van der Waals surface area contributed by atoms with E-state index >= 15 is 0 Å². The van der Waals surface area contributed by atoms with Gasteiger partial charge in [0.1, 0.15) is 5.75 Å². The van der Waals surface area contributed by atoms with Crippen molar-refractivity contribution in [2.75, 3.05) is 19.7 Å². The van der Waals surface area contributed by atoms with E-state index in [-0.39, 0.29) is 5.91 Å². The minimum Gasteiger partial charge on any atom is -0.494 e. The molecule has 0 N–H and O–H groups in total. The molecule has 1 fully saturated rings. The van der Waals surface area contributed by atoms with Crippen molar-refractivity contribution in [3.05, 3.63) is 30.3 Å². The Bertz CT molecular complexity index is 324. The normalized spacial score (nSPS) is 14.9. The van der Waals surface area contributed by atoms with Crippen molar-refractivity contribution in [3.8, 4) is 5.75 Å². The van der Waals surface area contributed by atoms with Crippen molar-refractivity contribution in [2.24, 2.45) is 0 Å². The fourth-order valence-corrected chi connectivity index (χ4v) is 1.56. The molecule has 1 aromatic carbocycles. The summed E-state index contributed by atoms with van der Waals surface area (Å²) in [5.74, 6) is 1.17. The molecule has 80 valence electrons. The van der Waals surface area contributed by atoms with Crippen LogP contribution < -0.4 is 4.74 Å². The second-order valence-electron chi connectivity index (χ2n) is 3.65. The smallest absolute Gasteiger partial charge is 0.224 e. The van der Waals surface area contributed by atoms with Crippen LogP contribution in [-0.2, 0) is 4.79 Å². The van der Waals surface area contributed by atoms with E-state index in [1.165, 1.54) is 0 Å². The van der Waals surface area contributed by atoms with Gasteiger partial charge < -0.3 is 9.64 Å². The lowest BCUT2D eigenvalue weighted by atomic mass is 10.2. The summed E-state index contributed by atoms with van der Waals surface area (Å²) >= 11 is 0. The van der Waals surface area contributed by atoms with Crippen LogP contribution in [-0.4, -0.2) is 30.5 Å². The molecule has 0 aliphatic carbocycles. The van der Waals surface area contributed by atoms with Crippen LogP contribution in [0, 0.1) is 0 Å². The molecule has 0 saturated carbocycles.